The summed E-state index contributed by atoms with van der Waals surface area (Å²) >= 11 is 0. The maximum Gasteiger partial charge on any atom is 0.307 e. The summed E-state index contributed by atoms with van der Waals surface area (Å²) in [6.07, 6.45) is 2.04. The van der Waals surface area contributed by atoms with E-state index in [4.69, 9.17) is 0 Å². The van der Waals surface area contributed by atoms with Crippen LogP contribution in [0.25, 0.3) is 0 Å². The van der Waals surface area contributed by atoms with E-state index >= 15 is 0 Å². The molecule has 0 saturated heterocycles. The van der Waals surface area contributed by atoms with E-state index in [1.54, 1.807) is 21.1 Å². The number of amides is 2. The molecule has 0 radical (unpaired) electrons. The summed E-state index contributed by atoms with van der Waals surface area (Å²) in [6.45, 7) is 2.00. The lowest BCUT2D eigenvalue weighted by molar-refractivity contribution is -0.149. The number of likely N-dealkylation sites (N-methyl/N-ethyl adjacent to an activating group) is 2. The Hall–Kier alpha value is -1.59. The second-order valence-corrected chi connectivity index (χ2v) is 5.78. The van der Waals surface area contributed by atoms with E-state index in [0.29, 0.717) is 12.8 Å². The van der Waals surface area contributed by atoms with Gasteiger partial charge in [-0.3, -0.25) is 14.4 Å². The third-order valence-corrected chi connectivity index (χ3v) is 4.12. The van der Waals surface area contributed by atoms with E-state index in [1.807, 2.05) is 6.92 Å². The van der Waals surface area contributed by atoms with Crippen molar-refractivity contribution in [3.8, 4) is 0 Å². The van der Waals surface area contributed by atoms with Gasteiger partial charge in [-0.1, -0.05) is 13.3 Å². The second-order valence-electron chi connectivity index (χ2n) is 5.78. The highest BCUT2D eigenvalue weighted by atomic mass is 16.4. The summed E-state index contributed by atoms with van der Waals surface area (Å²) in [7, 11) is 4.81. The van der Waals surface area contributed by atoms with Crippen LogP contribution >= 0.6 is 0 Å². The number of carbonyl (C=O) groups is 3. The van der Waals surface area contributed by atoms with Crippen molar-refractivity contribution in [3.63, 3.8) is 0 Å². The van der Waals surface area contributed by atoms with E-state index in [2.05, 4.69) is 0 Å². The molecule has 20 heavy (non-hydrogen) atoms. The molecule has 1 aliphatic carbocycles. The summed E-state index contributed by atoms with van der Waals surface area (Å²) in [6, 6.07) is 0. The van der Waals surface area contributed by atoms with Crippen LogP contribution in [-0.4, -0.2) is 60.4 Å². The molecule has 1 saturated carbocycles. The van der Waals surface area contributed by atoms with Gasteiger partial charge in [0.05, 0.1) is 18.4 Å². The van der Waals surface area contributed by atoms with E-state index in [-0.39, 0.29) is 24.3 Å². The fourth-order valence-electron chi connectivity index (χ4n) is 2.73. The van der Waals surface area contributed by atoms with Gasteiger partial charge < -0.3 is 14.9 Å². The Labute approximate surface area is 119 Å². The first kappa shape index (κ1) is 16.5. The lowest BCUT2D eigenvalue weighted by atomic mass is 9.95. The number of hydrogen-bond acceptors (Lipinski definition) is 3. The minimum absolute atomic E-state index is 0.00847. The molecule has 6 heteroatoms. The number of aliphatic carboxylic acids is 1. The van der Waals surface area contributed by atoms with Crippen LogP contribution in [0.4, 0.5) is 0 Å². The molecule has 2 amide bonds. The van der Waals surface area contributed by atoms with Crippen LogP contribution in [0.15, 0.2) is 0 Å². The van der Waals surface area contributed by atoms with Gasteiger partial charge in [0.1, 0.15) is 0 Å². The average Bonchev–Trinajstić information content (AvgIpc) is 2.81. The van der Waals surface area contributed by atoms with E-state index < -0.39 is 17.8 Å². The van der Waals surface area contributed by atoms with Gasteiger partial charge in [-0.05, 0) is 18.8 Å². The Bertz CT molecular complexity index is 395. The summed E-state index contributed by atoms with van der Waals surface area (Å²) in [5, 5.41) is 9.25. The largest absolute Gasteiger partial charge is 0.481 e. The third-order valence-electron chi connectivity index (χ3n) is 4.12. The molecule has 1 aliphatic rings. The highest BCUT2D eigenvalue weighted by molar-refractivity contribution is 5.88. The number of hydrogen-bond donors (Lipinski definition) is 1. The Morgan fingerprint density at radius 1 is 1.10 bits per heavy atom. The molecular formula is C14H24N2O4. The van der Waals surface area contributed by atoms with Crippen molar-refractivity contribution in [2.75, 3.05) is 27.7 Å². The number of nitrogens with zero attached hydrogens (tertiary/aromatic N) is 2. The summed E-state index contributed by atoms with van der Waals surface area (Å²) < 4.78 is 0. The lowest BCUT2D eigenvalue weighted by Crippen LogP contribution is -2.42. The quantitative estimate of drug-likeness (QED) is 0.805. The molecule has 114 valence electrons. The van der Waals surface area contributed by atoms with Gasteiger partial charge in [0, 0.05) is 21.1 Å². The van der Waals surface area contributed by atoms with Crippen molar-refractivity contribution in [2.24, 2.45) is 17.8 Å². The molecule has 1 fully saturated rings. The van der Waals surface area contributed by atoms with E-state index in [1.165, 1.54) is 9.80 Å². The van der Waals surface area contributed by atoms with Gasteiger partial charge in [-0.25, -0.2) is 0 Å². The number of carbonyl (C=O) groups excluding carboxylic acids is 2. The normalized spacial score (nSPS) is 25.3. The molecule has 1 rings (SSSR count). The van der Waals surface area contributed by atoms with Gasteiger partial charge in [0.2, 0.25) is 11.8 Å². The molecule has 0 bridgehead atoms. The molecule has 0 aromatic rings. The van der Waals surface area contributed by atoms with Crippen molar-refractivity contribution in [2.45, 2.75) is 26.2 Å². The van der Waals surface area contributed by atoms with Crippen molar-refractivity contribution >= 4 is 17.8 Å². The standard InChI is InChI=1S/C14H24N2O4/c1-5-9-6-10(11(7-9)14(19)20)13(18)16(4)8-12(17)15(2)3/h9-11H,5-8H2,1-4H3,(H,19,20)/t9?,10-,11+/m0/s1. The molecule has 0 spiro atoms. The maximum absolute atomic E-state index is 12.4. The molecule has 6 nitrogen and oxygen atoms in total. The number of carboxylic acid groups (broad SMARTS) is 1. The first-order valence-corrected chi connectivity index (χ1v) is 6.95. The second kappa shape index (κ2) is 6.72. The Morgan fingerprint density at radius 2 is 1.65 bits per heavy atom. The first-order valence-electron chi connectivity index (χ1n) is 6.95. The zero-order valence-corrected chi connectivity index (χ0v) is 12.6. The van der Waals surface area contributed by atoms with E-state index in [0.717, 1.165) is 6.42 Å². The van der Waals surface area contributed by atoms with Crippen LogP contribution < -0.4 is 0 Å². The fourth-order valence-corrected chi connectivity index (χ4v) is 2.73. The van der Waals surface area contributed by atoms with Crippen molar-refractivity contribution in [1.29, 1.82) is 0 Å². The van der Waals surface area contributed by atoms with Crippen LogP contribution in [0, 0.1) is 17.8 Å². The average molecular weight is 284 g/mol. The predicted octanol–water partition coefficient (Wildman–Crippen LogP) is 0.670. The summed E-state index contributed by atoms with van der Waals surface area (Å²) in [4.78, 5) is 38.0. The molecule has 3 atom stereocenters. The molecule has 0 aromatic carbocycles. The monoisotopic (exact) mass is 284 g/mol. The fraction of sp³-hybridized carbons (Fsp3) is 0.786. The molecule has 0 aromatic heterocycles. The van der Waals surface area contributed by atoms with Crippen LogP contribution in [-0.2, 0) is 14.4 Å². The first-order chi connectivity index (χ1) is 9.27. The third kappa shape index (κ3) is 3.71. The minimum Gasteiger partial charge on any atom is -0.481 e. The molecule has 0 aliphatic heterocycles. The van der Waals surface area contributed by atoms with Crippen LogP contribution in [0.2, 0.25) is 0 Å². The molecule has 1 unspecified atom stereocenters. The maximum atomic E-state index is 12.4. The van der Waals surface area contributed by atoms with Crippen molar-refractivity contribution < 1.29 is 19.5 Å². The Kier molecular flexibility index (Phi) is 5.53. The van der Waals surface area contributed by atoms with Gasteiger partial charge in [-0.15, -0.1) is 0 Å². The van der Waals surface area contributed by atoms with Gasteiger partial charge in [0.15, 0.2) is 0 Å². The molecule has 1 N–H and O–H groups in total. The topological polar surface area (TPSA) is 77.9 Å². The van der Waals surface area contributed by atoms with Crippen LogP contribution in [0.5, 0.6) is 0 Å². The van der Waals surface area contributed by atoms with Crippen molar-refractivity contribution in [1.82, 2.24) is 9.80 Å². The van der Waals surface area contributed by atoms with E-state index in [9.17, 15) is 19.5 Å². The Morgan fingerprint density at radius 3 is 2.10 bits per heavy atom. The van der Waals surface area contributed by atoms with Gasteiger partial charge >= 0.3 is 5.97 Å². The lowest BCUT2D eigenvalue weighted by Gasteiger charge is -2.24. The van der Waals surface area contributed by atoms with Gasteiger partial charge in [0.25, 0.3) is 0 Å². The van der Waals surface area contributed by atoms with Crippen molar-refractivity contribution in [3.05, 3.63) is 0 Å². The van der Waals surface area contributed by atoms with Crippen LogP contribution in [0.3, 0.4) is 0 Å². The molecular weight excluding hydrogens is 260 g/mol. The smallest absolute Gasteiger partial charge is 0.307 e. The summed E-state index contributed by atoms with van der Waals surface area (Å²) in [5.41, 5.74) is 0. The minimum atomic E-state index is -0.911. The highest BCUT2D eigenvalue weighted by Crippen LogP contribution is 2.39. The predicted molar refractivity (Wildman–Crippen MR) is 74.0 cm³/mol. The zero-order valence-electron chi connectivity index (χ0n) is 12.6. The van der Waals surface area contributed by atoms with Crippen LogP contribution in [0.1, 0.15) is 26.2 Å². The highest BCUT2D eigenvalue weighted by Gasteiger charge is 2.43. The van der Waals surface area contributed by atoms with Gasteiger partial charge in [-0.2, -0.15) is 0 Å². The SMILES string of the molecule is CCC1C[C@H](C(=O)N(C)CC(=O)N(C)C)[C@H](C(=O)O)C1. The number of rotatable bonds is 5. The number of carboxylic acids is 1. The zero-order chi connectivity index (χ0) is 15.4. The molecule has 0 heterocycles. The summed E-state index contributed by atoms with van der Waals surface area (Å²) in [5.74, 6) is -2.15. The Balaban J connectivity index is 2.73.